The third-order valence-corrected chi connectivity index (χ3v) is 4.01. The molecule has 0 saturated carbocycles. The predicted molar refractivity (Wildman–Crippen MR) is 97.0 cm³/mol. The number of carbonyl (C=O) groups excluding carboxylic acids is 1. The summed E-state index contributed by atoms with van der Waals surface area (Å²) in [4.78, 5) is 12.1. The van der Waals surface area contributed by atoms with Crippen LogP contribution in [0.2, 0.25) is 5.02 Å². The molecule has 0 aromatic heterocycles. The van der Waals surface area contributed by atoms with Crippen LogP contribution in [0, 0.1) is 0 Å². The van der Waals surface area contributed by atoms with Crippen LogP contribution in [0.1, 0.15) is 19.4 Å². The SMILES string of the molecule is CC(C)(Cc1ccccc1)NC(=O)COc1ccc(Br)cc1Cl. The van der Waals surface area contributed by atoms with E-state index in [-0.39, 0.29) is 18.1 Å². The van der Waals surface area contributed by atoms with E-state index in [0.29, 0.717) is 10.8 Å². The van der Waals surface area contributed by atoms with Gasteiger partial charge in [-0.05, 0) is 44.0 Å². The molecule has 0 unspecified atom stereocenters. The molecule has 0 aliphatic rings. The lowest BCUT2D eigenvalue weighted by molar-refractivity contribution is -0.124. The van der Waals surface area contributed by atoms with Crippen molar-refractivity contribution in [2.24, 2.45) is 0 Å². The largest absolute Gasteiger partial charge is 0.482 e. The summed E-state index contributed by atoms with van der Waals surface area (Å²) in [5.41, 5.74) is 0.820. The van der Waals surface area contributed by atoms with Crippen molar-refractivity contribution in [2.75, 3.05) is 6.61 Å². The van der Waals surface area contributed by atoms with Gasteiger partial charge in [-0.3, -0.25) is 4.79 Å². The molecule has 2 aromatic carbocycles. The van der Waals surface area contributed by atoms with Gasteiger partial charge < -0.3 is 10.1 Å². The summed E-state index contributed by atoms with van der Waals surface area (Å²) in [5.74, 6) is 0.316. The van der Waals surface area contributed by atoms with Gasteiger partial charge in [0.25, 0.3) is 5.91 Å². The van der Waals surface area contributed by atoms with E-state index in [9.17, 15) is 4.79 Å². The van der Waals surface area contributed by atoms with E-state index >= 15 is 0 Å². The number of halogens is 2. The van der Waals surface area contributed by atoms with Gasteiger partial charge in [0.15, 0.2) is 6.61 Å². The van der Waals surface area contributed by atoms with Gasteiger partial charge in [0.05, 0.1) is 5.02 Å². The summed E-state index contributed by atoms with van der Waals surface area (Å²) in [6.07, 6.45) is 0.749. The number of amides is 1. The van der Waals surface area contributed by atoms with Crippen molar-refractivity contribution in [3.8, 4) is 5.75 Å². The van der Waals surface area contributed by atoms with Gasteiger partial charge in [0.2, 0.25) is 0 Å². The molecule has 0 bridgehead atoms. The summed E-state index contributed by atoms with van der Waals surface area (Å²) in [6, 6.07) is 15.3. The number of carbonyl (C=O) groups is 1. The van der Waals surface area contributed by atoms with E-state index in [1.165, 1.54) is 5.56 Å². The van der Waals surface area contributed by atoms with Crippen LogP contribution in [0.5, 0.6) is 5.75 Å². The molecule has 23 heavy (non-hydrogen) atoms. The van der Waals surface area contributed by atoms with E-state index in [1.54, 1.807) is 12.1 Å². The van der Waals surface area contributed by atoms with Gasteiger partial charge in [0.1, 0.15) is 5.75 Å². The molecule has 0 fully saturated rings. The van der Waals surface area contributed by atoms with E-state index in [1.807, 2.05) is 50.2 Å². The van der Waals surface area contributed by atoms with Crippen LogP contribution in [-0.2, 0) is 11.2 Å². The highest BCUT2D eigenvalue weighted by molar-refractivity contribution is 9.10. The molecule has 2 aromatic rings. The zero-order valence-electron chi connectivity index (χ0n) is 13.1. The Morgan fingerprint density at radius 1 is 1.22 bits per heavy atom. The molecular weight excluding hydrogens is 378 g/mol. The molecule has 0 heterocycles. The van der Waals surface area contributed by atoms with Gasteiger partial charge in [0, 0.05) is 10.0 Å². The number of benzene rings is 2. The molecular formula is C18H19BrClNO2. The summed E-state index contributed by atoms with van der Waals surface area (Å²) >= 11 is 9.39. The van der Waals surface area contributed by atoms with Crippen molar-refractivity contribution in [1.82, 2.24) is 5.32 Å². The Bertz CT molecular complexity index is 674. The second-order valence-electron chi connectivity index (χ2n) is 5.96. The second kappa shape index (κ2) is 7.84. The van der Waals surface area contributed by atoms with Gasteiger partial charge >= 0.3 is 0 Å². The lowest BCUT2D eigenvalue weighted by atomic mass is 9.95. The van der Waals surface area contributed by atoms with Crippen molar-refractivity contribution < 1.29 is 9.53 Å². The number of nitrogens with one attached hydrogen (secondary N) is 1. The highest BCUT2D eigenvalue weighted by atomic mass is 79.9. The smallest absolute Gasteiger partial charge is 0.258 e. The fraction of sp³-hybridized carbons (Fsp3) is 0.278. The standard InChI is InChI=1S/C18H19BrClNO2/c1-18(2,11-13-6-4-3-5-7-13)21-17(22)12-23-16-9-8-14(19)10-15(16)20/h3-10H,11-12H2,1-2H3,(H,21,22). The molecule has 5 heteroatoms. The van der Waals surface area contributed by atoms with Gasteiger partial charge in [-0.2, -0.15) is 0 Å². The van der Waals surface area contributed by atoms with Crippen LogP contribution >= 0.6 is 27.5 Å². The summed E-state index contributed by atoms with van der Waals surface area (Å²) < 4.78 is 6.35. The summed E-state index contributed by atoms with van der Waals surface area (Å²) in [5, 5.41) is 3.46. The fourth-order valence-electron chi connectivity index (χ4n) is 2.30. The first-order valence-corrected chi connectivity index (χ1v) is 8.46. The highest BCUT2D eigenvalue weighted by Crippen LogP contribution is 2.27. The number of hydrogen-bond donors (Lipinski definition) is 1. The Kier molecular flexibility index (Phi) is 6.08. The minimum absolute atomic E-state index is 0.0699. The Morgan fingerprint density at radius 2 is 1.91 bits per heavy atom. The first-order chi connectivity index (χ1) is 10.9. The minimum Gasteiger partial charge on any atom is -0.482 e. The average Bonchev–Trinajstić information content (AvgIpc) is 2.46. The molecule has 2 rings (SSSR count). The van der Waals surface area contributed by atoms with Crippen molar-refractivity contribution in [1.29, 1.82) is 0 Å². The van der Waals surface area contributed by atoms with E-state index in [2.05, 4.69) is 21.2 Å². The Balaban J connectivity index is 1.88. The zero-order chi connectivity index (χ0) is 16.9. The first-order valence-electron chi connectivity index (χ1n) is 7.28. The van der Waals surface area contributed by atoms with Crippen LogP contribution in [0.25, 0.3) is 0 Å². The normalized spacial score (nSPS) is 11.1. The summed E-state index contributed by atoms with van der Waals surface area (Å²) in [7, 11) is 0. The molecule has 0 aliphatic heterocycles. The van der Waals surface area contributed by atoms with E-state index in [4.69, 9.17) is 16.3 Å². The number of rotatable bonds is 6. The third kappa shape index (κ3) is 5.88. The minimum atomic E-state index is -0.356. The van der Waals surface area contributed by atoms with Crippen LogP contribution in [0.15, 0.2) is 53.0 Å². The quantitative estimate of drug-likeness (QED) is 0.774. The van der Waals surface area contributed by atoms with Crippen LogP contribution in [0.3, 0.4) is 0 Å². The molecule has 3 nitrogen and oxygen atoms in total. The second-order valence-corrected chi connectivity index (χ2v) is 7.28. The van der Waals surface area contributed by atoms with Crippen molar-refractivity contribution in [2.45, 2.75) is 25.8 Å². The maximum atomic E-state index is 12.1. The molecule has 0 aliphatic carbocycles. The summed E-state index contributed by atoms with van der Waals surface area (Å²) in [6.45, 7) is 3.91. The van der Waals surface area contributed by atoms with Crippen molar-refractivity contribution in [3.63, 3.8) is 0 Å². The molecule has 0 radical (unpaired) electrons. The van der Waals surface area contributed by atoms with Gasteiger partial charge in [-0.15, -0.1) is 0 Å². The van der Waals surface area contributed by atoms with Crippen LogP contribution in [0.4, 0.5) is 0 Å². The van der Waals surface area contributed by atoms with Crippen LogP contribution in [-0.4, -0.2) is 18.1 Å². The topological polar surface area (TPSA) is 38.3 Å². The fourth-order valence-corrected chi connectivity index (χ4v) is 3.03. The lowest BCUT2D eigenvalue weighted by Gasteiger charge is -2.26. The maximum absolute atomic E-state index is 12.1. The van der Waals surface area contributed by atoms with Crippen LogP contribution < -0.4 is 10.1 Å². The molecule has 1 N–H and O–H groups in total. The van der Waals surface area contributed by atoms with E-state index < -0.39 is 0 Å². The maximum Gasteiger partial charge on any atom is 0.258 e. The third-order valence-electron chi connectivity index (χ3n) is 3.22. The highest BCUT2D eigenvalue weighted by Gasteiger charge is 2.21. The predicted octanol–water partition coefficient (Wildman–Crippen LogP) is 4.62. The molecule has 0 atom stereocenters. The molecule has 0 spiro atoms. The number of hydrogen-bond acceptors (Lipinski definition) is 2. The molecule has 0 saturated heterocycles. The Labute approximate surface area is 150 Å². The average molecular weight is 397 g/mol. The number of ether oxygens (including phenoxy) is 1. The van der Waals surface area contributed by atoms with Crippen molar-refractivity contribution in [3.05, 3.63) is 63.6 Å². The molecule has 122 valence electrons. The van der Waals surface area contributed by atoms with Crippen molar-refractivity contribution >= 4 is 33.4 Å². The first kappa shape index (κ1) is 17.8. The van der Waals surface area contributed by atoms with Gasteiger partial charge in [-0.25, -0.2) is 0 Å². The zero-order valence-corrected chi connectivity index (χ0v) is 15.4. The molecule has 1 amide bonds. The Hall–Kier alpha value is -1.52. The monoisotopic (exact) mass is 395 g/mol. The van der Waals surface area contributed by atoms with Gasteiger partial charge in [-0.1, -0.05) is 57.9 Å². The Morgan fingerprint density at radius 3 is 2.57 bits per heavy atom. The van der Waals surface area contributed by atoms with E-state index in [0.717, 1.165) is 10.9 Å². The lowest BCUT2D eigenvalue weighted by Crippen LogP contribution is -2.47.